The van der Waals surface area contributed by atoms with Gasteiger partial charge in [0, 0.05) is 32.2 Å². The fourth-order valence-electron chi connectivity index (χ4n) is 7.27. The summed E-state index contributed by atoms with van der Waals surface area (Å²) >= 11 is 0. The van der Waals surface area contributed by atoms with Gasteiger partial charge < -0.3 is 26.2 Å². The topological polar surface area (TPSA) is 200 Å². The van der Waals surface area contributed by atoms with E-state index in [9.17, 15) is 39.0 Å². The summed E-state index contributed by atoms with van der Waals surface area (Å²) in [6, 6.07) is 0.371. The third kappa shape index (κ3) is 4.82. The number of fused-ring (bicyclic) bond motifs is 3. The van der Waals surface area contributed by atoms with E-state index >= 15 is 0 Å². The van der Waals surface area contributed by atoms with Crippen LogP contribution in [-0.4, -0.2) is 115 Å². The standard InChI is InChI=1S/C29H37N5O9/c1-32(2)17-11-16(31-18(35)12-34-7-5-6-8-43-34)23(36)20-14(17)9-13-10-15-22(33(3)4)25(38)21(28(30)41)27(40)29(15,42)26(39)19(13)24(20)37/h11,13,15,19,21-22,36,42H,5-10,12H2,1-4H3,(H2,30,41)(H,31,35)/t13-,15-,19?,21?,22-,29-/m0/s1. The lowest BCUT2D eigenvalue weighted by Crippen LogP contribution is -2.74. The van der Waals surface area contributed by atoms with Crippen LogP contribution in [0.5, 0.6) is 5.75 Å². The van der Waals surface area contributed by atoms with Crippen LogP contribution in [0.15, 0.2) is 6.07 Å². The molecule has 0 bridgehead atoms. The smallest absolute Gasteiger partial charge is 0.241 e. The molecule has 14 heteroatoms. The number of hydrogen-bond donors (Lipinski definition) is 4. The maximum atomic E-state index is 14.1. The number of ketones is 4. The van der Waals surface area contributed by atoms with Gasteiger partial charge in [-0.15, -0.1) is 0 Å². The molecular formula is C29H37N5O9. The first-order valence-electron chi connectivity index (χ1n) is 14.3. The number of primary amides is 1. The van der Waals surface area contributed by atoms with E-state index in [0.29, 0.717) is 24.4 Å². The number of carbonyl (C=O) groups is 6. The zero-order valence-electron chi connectivity index (χ0n) is 24.6. The highest BCUT2D eigenvalue weighted by atomic mass is 16.7. The van der Waals surface area contributed by atoms with Crippen molar-refractivity contribution < 1.29 is 43.8 Å². The molecule has 1 saturated heterocycles. The molecule has 0 spiro atoms. The number of benzene rings is 1. The number of amides is 2. The molecule has 1 aliphatic heterocycles. The van der Waals surface area contributed by atoms with Crippen LogP contribution in [0.4, 0.5) is 11.4 Å². The lowest BCUT2D eigenvalue weighted by Gasteiger charge is -2.52. The molecule has 1 heterocycles. The van der Waals surface area contributed by atoms with E-state index in [1.807, 2.05) is 0 Å². The number of carbonyl (C=O) groups excluding carboxylic acids is 6. The Morgan fingerprint density at radius 3 is 2.42 bits per heavy atom. The summed E-state index contributed by atoms with van der Waals surface area (Å²) in [6.45, 7) is 0.955. The molecule has 6 atom stereocenters. The number of likely N-dealkylation sites (N-methyl/N-ethyl adjacent to an activating group) is 1. The molecule has 0 aromatic heterocycles. The van der Waals surface area contributed by atoms with E-state index in [0.717, 1.165) is 12.8 Å². The second-order valence-electron chi connectivity index (χ2n) is 12.3. The molecular weight excluding hydrogens is 562 g/mol. The third-order valence-electron chi connectivity index (χ3n) is 9.19. The van der Waals surface area contributed by atoms with Gasteiger partial charge in [-0.1, -0.05) is 0 Å². The lowest BCUT2D eigenvalue weighted by atomic mass is 9.52. The monoisotopic (exact) mass is 599 g/mol. The Hall–Kier alpha value is -3.72. The van der Waals surface area contributed by atoms with E-state index in [-0.39, 0.29) is 30.6 Å². The van der Waals surface area contributed by atoms with Crippen LogP contribution in [0.3, 0.4) is 0 Å². The van der Waals surface area contributed by atoms with Gasteiger partial charge in [-0.25, -0.2) is 0 Å². The van der Waals surface area contributed by atoms with E-state index in [1.54, 1.807) is 25.1 Å². The molecule has 43 heavy (non-hydrogen) atoms. The van der Waals surface area contributed by atoms with Crippen molar-refractivity contribution in [3.63, 3.8) is 0 Å². The summed E-state index contributed by atoms with van der Waals surface area (Å²) < 4.78 is 0. The molecule has 2 unspecified atom stereocenters. The minimum atomic E-state index is -2.81. The molecule has 5 N–H and O–H groups in total. The quantitative estimate of drug-likeness (QED) is 0.228. The molecule has 232 valence electrons. The Balaban J connectivity index is 1.55. The predicted octanol–water partition coefficient (Wildman–Crippen LogP) is -1.10. The van der Waals surface area contributed by atoms with Gasteiger partial charge in [-0.05, 0) is 57.3 Å². The van der Waals surface area contributed by atoms with Crippen LogP contribution in [-0.2, 0) is 35.2 Å². The van der Waals surface area contributed by atoms with Crippen molar-refractivity contribution in [3.8, 4) is 5.75 Å². The van der Waals surface area contributed by atoms with Crippen molar-refractivity contribution in [3.05, 3.63) is 17.2 Å². The number of hydrogen-bond acceptors (Lipinski definition) is 12. The molecule has 5 rings (SSSR count). The molecule has 14 nitrogen and oxygen atoms in total. The van der Waals surface area contributed by atoms with Gasteiger partial charge in [0.2, 0.25) is 11.8 Å². The van der Waals surface area contributed by atoms with Crippen molar-refractivity contribution in [2.75, 3.05) is 58.1 Å². The average Bonchev–Trinajstić information content (AvgIpc) is 2.92. The number of aromatic hydroxyl groups is 1. The van der Waals surface area contributed by atoms with Crippen molar-refractivity contribution in [2.45, 2.75) is 37.3 Å². The van der Waals surface area contributed by atoms with Crippen molar-refractivity contribution >= 4 is 46.3 Å². The molecule has 1 aromatic rings. The van der Waals surface area contributed by atoms with Gasteiger partial charge in [-0.3, -0.25) is 38.5 Å². The minimum absolute atomic E-state index is 0.0445. The van der Waals surface area contributed by atoms with Crippen LogP contribution in [0, 0.1) is 23.7 Å². The molecule has 3 aliphatic carbocycles. The maximum Gasteiger partial charge on any atom is 0.241 e. The second kappa shape index (κ2) is 11.1. The van der Waals surface area contributed by atoms with E-state index < -0.39 is 76.0 Å². The molecule has 3 fully saturated rings. The summed E-state index contributed by atoms with van der Waals surface area (Å²) in [5, 5.41) is 27.2. The summed E-state index contributed by atoms with van der Waals surface area (Å²) in [7, 11) is 6.52. The van der Waals surface area contributed by atoms with Crippen molar-refractivity contribution in [1.29, 1.82) is 0 Å². The lowest BCUT2D eigenvalue weighted by molar-refractivity contribution is -0.182. The minimum Gasteiger partial charge on any atom is -0.505 e. The van der Waals surface area contributed by atoms with Gasteiger partial charge in [0.15, 0.2) is 34.7 Å². The van der Waals surface area contributed by atoms with Gasteiger partial charge in [0.1, 0.15) is 12.3 Å². The predicted molar refractivity (Wildman–Crippen MR) is 151 cm³/mol. The number of phenols is 1. The molecule has 2 saturated carbocycles. The zero-order chi connectivity index (χ0) is 31.5. The fourth-order valence-corrected chi connectivity index (χ4v) is 7.27. The van der Waals surface area contributed by atoms with E-state index in [4.69, 9.17) is 10.6 Å². The van der Waals surface area contributed by atoms with Crippen LogP contribution in [0.25, 0.3) is 0 Å². The normalized spacial score (nSPS) is 30.9. The SMILES string of the molecule is CN(C)c1cc(NC(=O)CN2CCCCO2)c(O)c2c1C[C@H]1C[C@H]3[C@H](N(C)C)C(=O)C(C(N)=O)C(=O)[C@@]3(O)C(=O)C1C2=O. The third-order valence-corrected chi connectivity index (χ3v) is 9.19. The Kier molecular flexibility index (Phi) is 7.92. The van der Waals surface area contributed by atoms with Gasteiger partial charge in [-0.2, -0.15) is 5.06 Å². The fraction of sp³-hybridized carbons (Fsp3) is 0.586. The Morgan fingerprint density at radius 1 is 1.14 bits per heavy atom. The average molecular weight is 600 g/mol. The first kappa shape index (κ1) is 30.7. The van der Waals surface area contributed by atoms with Crippen molar-refractivity contribution in [1.82, 2.24) is 9.96 Å². The van der Waals surface area contributed by atoms with E-state index in [2.05, 4.69) is 5.32 Å². The van der Waals surface area contributed by atoms with Crippen LogP contribution >= 0.6 is 0 Å². The maximum absolute atomic E-state index is 14.1. The summed E-state index contributed by atoms with van der Waals surface area (Å²) in [4.78, 5) is 88.5. The molecule has 2 amide bonds. The summed E-state index contributed by atoms with van der Waals surface area (Å²) in [6.07, 6.45) is 1.82. The Morgan fingerprint density at radius 2 is 1.84 bits per heavy atom. The van der Waals surface area contributed by atoms with Crippen molar-refractivity contribution in [2.24, 2.45) is 29.4 Å². The highest BCUT2D eigenvalue weighted by Gasteiger charge is 2.69. The summed E-state index contributed by atoms with van der Waals surface area (Å²) in [5.41, 5.74) is 3.28. The number of phenolic OH excluding ortho intramolecular Hbond substituents is 1. The Bertz CT molecular complexity index is 1420. The number of hydroxylamine groups is 2. The van der Waals surface area contributed by atoms with Crippen LogP contribution < -0.4 is 16.0 Å². The van der Waals surface area contributed by atoms with Crippen LogP contribution in [0.2, 0.25) is 0 Å². The van der Waals surface area contributed by atoms with E-state index in [1.165, 1.54) is 24.1 Å². The summed E-state index contributed by atoms with van der Waals surface area (Å²) in [5.74, 6) is -11.9. The molecule has 0 radical (unpaired) electrons. The number of nitrogens with zero attached hydrogens (tertiary/aromatic N) is 3. The number of rotatable bonds is 6. The number of nitrogens with one attached hydrogen (secondary N) is 1. The highest BCUT2D eigenvalue weighted by Crippen LogP contribution is 2.52. The molecule has 1 aromatic carbocycles. The zero-order valence-corrected chi connectivity index (χ0v) is 24.6. The largest absolute Gasteiger partial charge is 0.505 e. The van der Waals surface area contributed by atoms with Crippen LogP contribution in [0.1, 0.15) is 35.2 Å². The molecule has 4 aliphatic rings. The van der Waals surface area contributed by atoms with Gasteiger partial charge in [0.25, 0.3) is 0 Å². The van der Waals surface area contributed by atoms with Gasteiger partial charge >= 0.3 is 0 Å². The number of nitrogens with two attached hydrogens (primary N) is 1. The number of Topliss-reactive ketones (excluding diaryl/α,β-unsaturated/α-hetero) is 4. The Labute approximate surface area is 248 Å². The first-order valence-corrected chi connectivity index (χ1v) is 14.3. The second-order valence-corrected chi connectivity index (χ2v) is 12.3. The first-order chi connectivity index (χ1) is 20.2. The number of anilines is 2. The van der Waals surface area contributed by atoms with Gasteiger partial charge in [0.05, 0.1) is 29.8 Å². The highest BCUT2D eigenvalue weighted by molar-refractivity contribution is 6.32. The number of aliphatic hydroxyl groups is 1.